The molecule has 5 N–H and O–H groups in total. The summed E-state index contributed by atoms with van der Waals surface area (Å²) in [5.74, 6) is -1.07. The third-order valence-electron chi connectivity index (χ3n) is 6.03. The average Bonchev–Trinajstić information content (AvgIpc) is 3.31. The molecule has 1 saturated heterocycles. The zero-order valence-corrected chi connectivity index (χ0v) is 17.7. The summed E-state index contributed by atoms with van der Waals surface area (Å²) in [6.07, 6.45) is -7.52. The van der Waals surface area contributed by atoms with E-state index in [-0.39, 0.29) is 40.4 Å². The van der Waals surface area contributed by atoms with Crippen molar-refractivity contribution in [3.8, 4) is 17.2 Å². The molecule has 1 fully saturated rings. The van der Waals surface area contributed by atoms with Crippen LogP contribution in [-0.2, 0) is 4.74 Å². The fourth-order valence-corrected chi connectivity index (χ4v) is 4.35. The van der Waals surface area contributed by atoms with Gasteiger partial charge in [0.2, 0.25) is 13.1 Å². The quantitative estimate of drug-likeness (QED) is 0.189. The van der Waals surface area contributed by atoms with Crippen LogP contribution in [0.15, 0.2) is 30.3 Å². The number of hydrogen-bond acceptors (Lipinski definition) is 11. The summed E-state index contributed by atoms with van der Waals surface area (Å²) in [6.45, 7) is -0.850. The highest BCUT2D eigenvalue weighted by Crippen LogP contribution is 2.48. The molecule has 3 aromatic carbocycles. The van der Waals surface area contributed by atoms with Crippen LogP contribution in [0.3, 0.4) is 0 Å². The van der Waals surface area contributed by atoms with Crippen LogP contribution in [0, 0.1) is 10.1 Å². The van der Waals surface area contributed by atoms with Crippen LogP contribution in [0.1, 0.15) is 10.4 Å². The van der Waals surface area contributed by atoms with Gasteiger partial charge in [-0.3, -0.25) is 10.1 Å². The number of hydrogen-bond donors (Lipinski definition) is 5. The number of aromatic carboxylic acids is 1. The maximum Gasteiger partial charge on any atom is 0.336 e. The van der Waals surface area contributed by atoms with Gasteiger partial charge >= 0.3 is 5.97 Å². The molecule has 0 radical (unpaired) electrons. The minimum atomic E-state index is -1.66. The summed E-state index contributed by atoms with van der Waals surface area (Å²) in [5.41, 5.74) is -0.788. The number of nitro groups is 1. The molecular formula is C22H19NO12. The van der Waals surface area contributed by atoms with Crippen LogP contribution in [0.25, 0.3) is 21.5 Å². The Hall–Kier alpha value is -3.75. The van der Waals surface area contributed by atoms with Crippen molar-refractivity contribution in [3.63, 3.8) is 0 Å². The molecule has 5 atom stereocenters. The van der Waals surface area contributed by atoms with E-state index in [1.807, 2.05) is 0 Å². The van der Waals surface area contributed by atoms with Crippen molar-refractivity contribution in [1.29, 1.82) is 0 Å². The zero-order chi connectivity index (χ0) is 25.0. The van der Waals surface area contributed by atoms with E-state index in [1.165, 1.54) is 30.3 Å². The first-order valence-corrected chi connectivity index (χ1v) is 10.4. The summed E-state index contributed by atoms with van der Waals surface area (Å²) in [6, 6.07) is 6.75. The smallest absolute Gasteiger partial charge is 0.336 e. The Morgan fingerprint density at radius 2 is 1.86 bits per heavy atom. The third-order valence-corrected chi connectivity index (χ3v) is 6.03. The number of non-ortho nitro benzene ring substituents is 1. The lowest BCUT2D eigenvalue weighted by Crippen LogP contribution is -2.60. The maximum atomic E-state index is 12.0. The molecule has 0 amide bonds. The zero-order valence-electron chi connectivity index (χ0n) is 17.7. The van der Waals surface area contributed by atoms with Crippen LogP contribution in [0.4, 0.5) is 5.69 Å². The highest BCUT2D eigenvalue weighted by Gasteiger charge is 2.44. The number of carboxylic acid groups (broad SMARTS) is 1. The van der Waals surface area contributed by atoms with E-state index in [4.69, 9.17) is 18.9 Å². The second kappa shape index (κ2) is 8.48. The number of nitrogens with zero attached hydrogens (tertiary/aromatic N) is 1. The van der Waals surface area contributed by atoms with E-state index < -0.39 is 53.9 Å². The molecule has 0 aliphatic carbocycles. The van der Waals surface area contributed by atoms with Crippen molar-refractivity contribution < 1.29 is 54.2 Å². The highest BCUT2D eigenvalue weighted by molar-refractivity contribution is 6.21. The predicted octanol–water partition coefficient (Wildman–Crippen LogP) is 0.507. The van der Waals surface area contributed by atoms with E-state index in [2.05, 4.69) is 0 Å². The first-order valence-electron chi connectivity index (χ1n) is 10.4. The van der Waals surface area contributed by atoms with Gasteiger partial charge in [0.25, 0.3) is 5.69 Å². The molecule has 5 rings (SSSR count). The standard InChI is InChI=1S/C22H19NO12/c24-6-14-17(25)18(26)19(27)22(35-14)34-9-2-1-8-3-12(23(30)31)15-11(21(28)29)5-13-20(33-7-32-13)16(15)10(8)4-9/h1-5,14,17-19,22,24-27H,6-7H2,(H,28,29)/t14-,17-,18+,19-,22-/m1/s1. The van der Waals surface area contributed by atoms with Gasteiger partial charge < -0.3 is 44.5 Å². The maximum absolute atomic E-state index is 12.0. The molecule has 2 aliphatic rings. The molecule has 0 aromatic heterocycles. The Kier molecular flexibility index (Phi) is 5.57. The van der Waals surface area contributed by atoms with Crippen molar-refractivity contribution in [2.45, 2.75) is 30.7 Å². The van der Waals surface area contributed by atoms with E-state index in [1.54, 1.807) is 0 Å². The first-order chi connectivity index (χ1) is 16.7. The Balaban J connectivity index is 1.69. The first kappa shape index (κ1) is 23.0. The van der Waals surface area contributed by atoms with Crippen LogP contribution >= 0.6 is 0 Å². The van der Waals surface area contributed by atoms with Gasteiger partial charge in [-0.1, -0.05) is 6.07 Å². The number of nitro benzene ring substituents is 1. The molecule has 3 aromatic rings. The lowest BCUT2D eigenvalue weighted by atomic mass is 9.95. The number of rotatable bonds is 5. The Bertz CT molecular complexity index is 1360. The molecule has 0 saturated carbocycles. The van der Waals surface area contributed by atoms with Crippen molar-refractivity contribution in [3.05, 3.63) is 46.0 Å². The number of fused-ring (bicyclic) bond motifs is 5. The fraction of sp³-hybridized carbons (Fsp3) is 0.318. The molecule has 0 unspecified atom stereocenters. The van der Waals surface area contributed by atoms with Crippen molar-refractivity contribution in [1.82, 2.24) is 0 Å². The van der Waals surface area contributed by atoms with Gasteiger partial charge in [-0.15, -0.1) is 0 Å². The summed E-state index contributed by atoms with van der Waals surface area (Å²) < 4.78 is 21.9. The van der Waals surface area contributed by atoms with Crippen molar-refractivity contribution in [2.75, 3.05) is 13.4 Å². The number of aliphatic hydroxyl groups excluding tert-OH is 4. The van der Waals surface area contributed by atoms with E-state index in [9.17, 15) is 40.4 Å². The molecule has 184 valence electrons. The Labute approximate surface area is 195 Å². The third kappa shape index (κ3) is 3.66. The summed E-state index contributed by atoms with van der Waals surface area (Å²) in [4.78, 5) is 23.1. The van der Waals surface area contributed by atoms with Crippen LogP contribution in [0.5, 0.6) is 17.2 Å². The summed E-state index contributed by atoms with van der Waals surface area (Å²) >= 11 is 0. The second-order valence-electron chi connectivity index (χ2n) is 8.06. The predicted molar refractivity (Wildman–Crippen MR) is 116 cm³/mol. The number of benzene rings is 3. The minimum absolute atomic E-state index is 0.0883. The molecule has 13 nitrogen and oxygen atoms in total. The van der Waals surface area contributed by atoms with Gasteiger partial charge in [0.1, 0.15) is 30.2 Å². The highest BCUT2D eigenvalue weighted by atomic mass is 16.7. The molecule has 2 aliphatic heterocycles. The molecule has 2 heterocycles. The topological polar surface area (TPSA) is 198 Å². The normalized spacial score (nSPS) is 25.7. The van der Waals surface area contributed by atoms with E-state index >= 15 is 0 Å². The lowest BCUT2D eigenvalue weighted by Gasteiger charge is -2.39. The van der Waals surface area contributed by atoms with Crippen molar-refractivity contribution >= 4 is 33.2 Å². The fourth-order valence-electron chi connectivity index (χ4n) is 4.35. The summed E-state index contributed by atoms with van der Waals surface area (Å²) in [5, 5.41) is 61.8. The SMILES string of the molecule is O=C(O)c1cc2c(c3c1c([N+](=O)[O-])cc1ccc(O[C@@H]4O[C@H](CO)[C@@H](O)[C@H](O)[C@H]4O)cc13)OCO2. The van der Waals surface area contributed by atoms with Crippen molar-refractivity contribution in [2.24, 2.45) is 0 Å². The summed E-state index contributed by atoms with van der Waals surface area (Å²) in [7, 11) is 0. The Morgan fingerprint density at radius 3 is 2.54 bits per heavy atom. The van der Waals surface area contributed by atoms with Gasteiger partial charge in [0.15, 0.2) is 11.5 Å². The molecule has 13 heteroatoms. The number of ether oxygens (including phenoxy) is 4. The number of aliphatic hydroxyl groups is 4. The minimum Gasteiger partial charge on any atom is -0.478 e. The Morgan fingerprint density at radius 1 is 1.09 bits per heavy atom. The molecule has 0 bridgehead atoms. The average molecular weight is 489 g/mol. The van der Waals surface area contributed by atoms with Crippen LogP contribution in [-0.4, -0.2) is 80.5 Å². The van der Waals surface area contributed by atoms with E-state index in [0.717, 1.165) is 0 Å². The second-order valence-corrected chi connectivity index (χ2v) is 8.06. The molecule has 0 spiro atoms. The van der Waals surface area contributed by atoms with Gasteiger partial charge in [0.05, 0.1) is 22.5 Å². The van der Waals surface area contributed by atoms with Crippen LogP contribution in [0.2, 0.25) is 0 Å². The largest absolute Gasteiger partial charge is 0.478 e. The van der Waals surface area contributed by atoms with Gasteiger partial charge in [-0.2, -0.15) is 0 Å². The monoisotopic (exact) mass is 489 g/mol. The van der Waals surface area contributed by atoms with E-state index in [0.29, 0.717) is 10.8 Å². The molecular weight excluding hydrogens is 470 g/mol. The number of carbonyl (C=O) groups is 1. The van der Waals surface area contributed by atoms with Gasteiger partial charge in [-0.25, -0.2) is 4.79 Å². The van der Waals surface area contributed by atoms with Crippen LogP contribution < -0.4 is 14.2 Å². The lowest BCUT2D eigenvalue weighted by molar-refractivity contribution is -0.383. The molecule has 35 heavy (non-hydrogen) atoms. The van der Waals surface area contributed by atoms with Gasteiger partial charge in [0, 0.05) is 11.5 Å². The number of carboxylic acids is 1. The van der Waals surface area contributed by atoms with Gasteiger partial charge in [-0.05, 0) is 29.0 Å².